The molecule has 2 aliphatic rings. The second kappa shape index (κ2) is 3.54. The van der Waals surface area contributed by atoms with Crippen molar-refractivity contribution in [2.45, 2.75) is 19.3 Å². The van der Waals surface area contributed by atoms with Crippen LogP contribution in [-0.4, -0.2) is 0 Å². The van der Waals surface area contributed by atoms with Gasteiger partial charge in [-0.25, -0.2) is 0 Å². The number of fused-ring (bicyclic) bond motifs is 2. The Morgan fingerprint density at radius 2 is 1.93 bits per heavy atom. The van der Waals surface area contributed by atoms with Gasteiger partial charge in [-0.15, -0.1) is 0 Å². The molecule has 0 spiro atoms. The molecule has 1 aromatic carbocycles. The highest BCUT2D eigenvalue weighted by molar-refractivity contribution is 5.67. The van der Waals surface area contributed by atoms with Gasteiger partial charge < -0.3 is 0 Å². The van der Waals surface area contributed by atoms with Gasteiger partial charge in [0.1, 0.15) is 0 Å². The number of allylic oxidation sites excluding steroid dienone is 5. The average Bonchev–Trinajstić information content (AvgIpc) is 2.48. The highest BCUT2D eigenvalue weighted by Crippen LogP contribution is 2.30. The molecule has 0 aliphatic heterocycles. The molecule has 15 heavy (non-hydrogen) atoms. The van der Waals surface area contributed by atoms with Crippen molar-refractivity contribution in [3.63, 3.8) is 0 Å². The Morgan fingerprint density at radius 1 is 1.00 bits per heavy atom. The molecule has 0 heterocycles. The van der Waals surface area contributed by atoms with Gasteiger partial charge >= 0.3 is 0 Å². The third kappa shape index (κ3) is 1.56. The van der Waals surface area contributed by atoms with Crippen LogP contribution in [0.25, 0.3) is 6.08 Å². The minimum atomic E-state index is 1.10. The molecule has 0 aromatic heterocycles. The lowest BCUT2D eigenvalue weighted by molar-refractivity contribution is 0.951. The Hall–Kier alpha value is -1.56. The van der Waals surface area contributed by atoms with Crippen LogP contribution in [0, 0.1) is 0 Å². The summed E-state index contributed by atoms with van der Waals surface area (Å²) in [5.74, 6) is 0. The van der Waals surface area contributed by atoms with E-state index in [4.69, 9.17) is 0 Å². The van der Waals surface area contributed by atoms with Crippen LogP contribution in [-0.2, 0) is 6.42 Å². The van der Waals surface area contributed by atoms with Gasteiger partial charge in [0, 0.05) is 0 Å². The van der Waals surface area contributed by atoms with Crippen LogP contribution in [0.4, 0.5) is 0 Å². The highest BCUT2D eigenvalue weighted by atomic mass is 14.2. The van der Waals surface area contributed by atoms with Crippen LogP contribution < -0.4 is 0 Å². The first-order valence-electron chi connectivity index (χ1n) is 5.59. The lowest BCUT2D eigenvalue weighted by Crippen LogP contribution is -1.91. The number of hydrogen-bond acceptors (Lipinski definition) is 0. The lowest BCUT2D eigenvalue weighted by atomic mass is 9.97. The van der Waals surface area contributed by atoms with E-state index < -0.39 is 0 Å². The maximum Gasteiger partial charge on any atom is -0.0160 e. The third-order valence-electron chi connectivity index (χ3n) is 3.20. The molecule has 0 radical (unpaired) electrons. The average molecular weight is 194 g/mol. The smallest absolute Gasteiger partial charge is 0.0160 e. The van der Waals surface area contributed by atoms with Crippen molar-refractivity contribution in [3.05, 3.63) is 64.8 Å². The summed E-state index contributed by atoms with van der Waals surface area (Å²) in [6, 6.07) is 8.72. The van der Waals surface area contributed by atoms with Gasteiger partial charge in [0.25, 0.3) is 0 Å². The van der Waals surface area contributed by atoms with Crippen molar-refractivity contribution >= 4 is 6.08 Å². The van der Waals surface area contributed by atoms with Crippen molar-refractivity contribution < 1.29 is 0 Å². The van der Waals surface area contributed by atoms with E-state index in [2.05, 4.69) is 48.6 Å². The van der Waals surface area contributed by atoms with E-state index in [1.165, 1.54) is 35.1 Å². The van der Waals surface area contributed by atoms with Crippen molar-refractivity contribution in [2.24, 2.45) is 0 Å². The van der Waals surface area contributed by atoms with E-state index >= 15 is 0 Å². The molecule has 0 amide bonds. The monoisotopic (exact) mass is 194 g/mol. The zero-order chi connectivity index (χ0) is 10.1. The Labute approximate surface area is 90.6 Å². The molecule has 2 aliphatic carbocycles. The van der Waals surface area contributed by atoms with E-state index in [9.17, 15) is 0 Å². The molecule has 3 rings (SSSR count). The Morgan fingerprint density at radius 3 is 2.93 bits per heavy atom. The first-order chi connectivity index (χ1) is 7.43. The van der Waals surface area contributed by atoms with Crippen LogP contribution in [0.15, 0.2) is 53.6 Å². The van der Waals surface area contributed by atoms with E-state index in [1.54, 1.807) is 0 Å². The molecule has 0 saturated carbocycles. The fourth-order valence-corrected chi connectivity index (χ4v) is 2.36. The summed E-state index contributed by atoms with van der Waals surface area (Å²) in [5.41, 5.74) is 5.80. The molecular formula is C15H14. The summed E-state index contributed by atoms with van der Waals surface area (Å²) < 4.78 is 0. The normalized spacial score (nSPS) is 18.4. The minimum Gasteiger partial charge on any atom is -0.0801 e. The van der Waals surface area contributed by atoms with Crippen molar-refractivity contribution in [3.8, 4) is 0 Å². The summed E-state index contributed by atoms with van der Waals surface area (Å²) in [6.07, 6.45) is 12.6. The number of benzene rings is 1. The van der Waals surface area contributed by atoms with Crippen LogP contribution in [0.2, 0.25) is 0 Å². The Bertz CT molecular complexity index is 473. The zero-order valence-electron chi connectivity index (χ0n) is 8.74. The zero-order valence-corrected chi connectivity index (χ0v) is 8.74. The number of rotatable bonds is 0. The summed E-state index contributed by atoms with van der Waals surface area (Å²) in [5, 5.41) is 0. The maximum absolute atomic E-state index is 2.36. The van der Waals surface area contributed by atoms with Crippen LogP contribution >= 0.6 is 0 Å². The number of aryl methyl sites for hydroxylation is 1. The summed E-state index contributed by atoms with van der Waals surface area (Å²) in [4.78, 5) is 0. The van der Waals surface area contributed by atoms with Crippen LogP contribution in [0.3, 0.4) is 0 Å². The van der Waals surface area contributed by atoms with Crippen LogP contribution in [0.1, 0.15) is 24.0 Å². The Kier molecular flexibility index (Phi) is 2.06. The minimum absolute atomic E-state index is 1.10. The van der Waals surface area contributed by atoms with Crippen LogP contribution in [0.5, 0.6) is 0 Å². The summed E-state index contributed by atoms with van der Waals surface area (Å²) >= 11 is 0. The molecule has 0 fully saturated rings. The molecule has 0 saturated heterocycles. The predicted molar refractivity (Wildman–Crippen MR) is 64.6 cm³/mol. The summed E-state index contributed by atoms with van der Waals surface area (Å²) in [7, 11) is 0. The predicted octanol–water partition coefficient (Wildman–Crippen LogP) is 3.90. The SMILES string of the molecule is C1=CC2=Cc3ccccc3CCC2=CC1. The van der Waals surface area contributed by atoms with Crippen molar-refractivity contribution in [1.82, 2.24) is 0 Å². The maximum atomic E-state index is 2.36. The van der Waals surface area contributed by atoms with Gasteiger partial charge in [0.15, 0.2) is 0 Å². The van der Waals surface area contributed by atoms with E-state index in [0.29, 0.717) is 0 Å². The second-order valence-electron chi connectivity index (χ2n) is 4.17. The fourth-order valence-electron chi connectivity index (χ4n) is 2.36. The first-order valence-corrected chi connectivity index (χ1v) is 5.59. The molecule has 0 heteroatoms. The molecule has 74 valence electrons. The molecule has 0 nitrogen and oxygen atoms in total. The molecule has 0 bridgehead atoms. The topological polar surface area (TPSA) is 0 Å². The van der Waals surface area contributed by atoms with Gasteiger partial charge in [-0.05, 0) is 47.6 Å². The first kappa shape index (κ1) is 8.72. The van der Waals surface area contributed by atoms with Gasteiger partial charge in [0.05, 0.1) is 0 Å². The lowest BCUT2D eigenvalue weighted by Gasteiger charge is -2.09. The molecule has 0 N–H and O–H groups in total. The molecule has 0 unspecified atom stereocenters. The molecule has 0 atom stereocenters. The van der Waals surface area contributed by atoms with Gasteiger partial charge in [-0.2, -0.15) is 0 Å². The highest BCUT2D eigenvalue weighted by Gasteiger charge is 2.11. The summed E-state index contributed by atoms with van der Waals surface area (Å²) in [6.45, 7) is 0. The molecule has 1 aromatic rings. The fraction of sp³-hybridized carbons (Fsp3) is 0.200. The largest absolute Gasteiger partial charge is 0.0801 e. The quantitative estimate of drug-likeness (QED) is 0.587. The van der Waals surface area contributed by atoms with Crippen molar-refractivity contribution in [1.29, 1.82) is 0 Å². The third-order valence-corrected chi connectivity index (χ3v) is 3.20. The van der Waals surface area contributed by atoms with Gasteiger partial charge in [-0.1, -0.05) is 42.5 Å². The van der Waals surface area contributed by atoms with E-state index in [0.717, 1.165) is 6.42 Å². The van der Waals surface area contributed by atoms with E-state index in [-0.39, 0.29) is 0 Å². The second-order valence-corrected chi connectivity index (χ2v) is 4.17. The Balaban J connectivity index is 2.12. The van der Waals surface area contributed by atoms with Crippen molar-refractivity contribution in [2.75, 3.05) is 0 Å². The molecular weight excluding hydrogens is 180 g/mol. The van der Waals surface area contributed by atoms with Gasteiger partial charge in [-0.3, -0.25) is 0 Å². The van der Waals surface area contributed by atoms with E-state index in [1.807, 2.05) is 0 Å². The standard InChI is InChI=1S/C15H14/c1-3-7-14-11-15-8-4-2-6-13(15)10-9-12(14)5-1/h1,3-8,11H,2,9-10H2. The number of hydrogen-bond donors (Lipinski definition) is 0. The van der Waals surface area contributed by atoms with Gasteiger partial charge in [0.2, 0.25) is 0 Å².